The van der Waals surface area contributed by atoms with Crippen molar-refractivity contribution in [2.24, 2.45) is 0 Å². The molecule has 0 unspecified atom stereocenters. The topological polar surface area (TPSA) is 75.7 Å². The van der Waals surface area contributed by atoms with Gasteiger partial charge >= 0.3 is 6.18 Å². The molecule has 174 valence electrons. The summed E-state index contributed by atoms with van der Waals surface area (Å²) in [4.78, 5) is 12.7. The first-order valence-electron chi connectivity index (χ1n) is 10.1. The van der Waals surface area contributed by atoms with Crippen molar-refractivity contribution >= 4 is 21.6 Å². The first-order valence-corrected chi connectivity index (χ1v) is 11.9. The van der Waals surface area contributed by atoms with Gasteiger partial charge in [-0.2, -0.15) is 13.2 Å². The number of alkyl halides is 3. The molecule has 1 heterocycles. The van der Waals surface area contributed by atoms with Crippen LogP contribution in [-0.2, 0) is 31.1 Å². The van der Waals surface area contributed by atoms with E-state index in [1.807, 2.05) is 30.3 Å². The van der Waals surface area contributed by atoms with E-state index in [0.29, 0.717) is 32.6 Å². The zero-order valence-corrected chi connectivity index (χ0v) is 18.4. The Kier molecular flexibility index (Phi) is 7.14. The molecule has 3 rings (SSSR count). The van der Waals surface area contributed by atoms with Crippen molar-refractivity contribution in [3.63, 3.8) is 0 Å². The van der Waals surface area contributed by atoms with Gasteiger partial charge in [0.25, 0.3) is 0 Å². The predicted octanol–water partition coefficient (Wildman–Crippen LogP) is 3.34. The van der Waals surface area contributed by atoms with Crippen LogP contribution in [0.1, 0.15) is 24.0 Å². The van der Waals surface area contributed by atoms with Gasteiger partial charge in [-0.05, 0) is 42.7 Å². The van der Waals surface area contributed by atoms with Crippen molar-refractivity contribution in [1.29, 1.82) is 0 Å². The van der Waals surface area contributed by atoms with E-state index < -0.39 is 34.2 Å². The highest BCUT2D eigenvalue weighted by molar-refractivity contribution is 7.92. The second kappa shape index (κ2) is 9.50. The Bertz CT molecular complexity index is 1020. The Labute approximate surface area is 185 Å². The number of hydrogen-bond donors (Lipinski definition) is 1. The average Bonchev–Trinajstić information content (AvgIpc) is 2.76. The third kappa shape index (κ3) is 5.80. The van der Waals surface area contributed by atoms with Crippen LogP contribution in [0.5, 0.6) is 0 Å². The molecule has 1 aliphatic rings. The Hall–Kier alpha value is -2.59. The summed E-state index contributed by atoms with van der Waals surface area (Å²) in [6.45, 7) is 0.854. The lowest BCUT2D eigenvalue weighted by Crippen LogP contribution is -2.47. The molecule has 1 N–H and O–H groups in total. The fourth-order valence-corrected chi connectivity index (χ4v) is 4.65. The minimum Gasteiger partial charge on any atom is -0.381 e. The van der Waals surface area contributed by atoms with Crippen LogP contribution in [0, 0.1) is 0 Å². The van der Waals surface area contributed by atoms with Crippen LogP contribution in [-0.4, -0.2) is 46.9 Å². The van der Waals surface area contributed by atoms with Gasteiger partial charge in [0, 0.05) is 25.2 Å². The first-order chi connectivity index (χ1) is 15.0. The second-order valence-corrected chi connectivity index (χ2v) is 9.76. The molecule has 10 heteroatoms. The van der Waals surface area contributed by atoms with E-state index in [-0.39, 0.29) is 11.1 Å². The summed E-state index contributed by atoms with van der Waals surface area (Å²) in [5.74, 6) is -0.544. The summed E-state index contributed by atoms with van der Waals surface area (Å²) < 4.78 is 69.2. The van der Waals surface area contributed by atoms with Crippen LogP contribution in [0.3, 0.4) is 0 Å². The highest BCUT2D eigenvalue weighted by Crippen LogP contribution is 2.34. The molecule has 0 aromatic heterocycles. The molecule has 0 atom stereocenters. The maximum atomic E-state index is 12.8. The summed E-state index contributed by atoms with van der Waals surface area (Å²) in [5.41, 5.74) is -0.186. The normalized spacial score (nSPS) is 16.4. The van der Waals surface area contributed by atoms with E-state index in [4.69, 9.17) is 4.74 Å². The van der Waals surface area contributed by atoms with E-state index in [1.165, 1.54) is 0 Å². The van der Waals surface area contributed by atoms with Crippen LogP contribution < -0.4 is 9.62 Å². The van der Waals surface area contributed by atoms with E-state index >= 15 is 0 Å². The number of anilines is 1. The molecule has 32 heavy (non-hydrogen) atoms. The number of rotatable bonds is 7. The zero-order chi connectivity index (χ0) is 23.4. The van der Waals surface area contributed by atoms with Crippen molar-refractivity contribution in [2.75, 3.05) is 36.9 Å². The fourth-order valence-electron chi connectivity index (χ4n) is 3.79. The van der Waals surface area contributed by atoms with Crippen LogP contribution in [0.25, 0.3) is 0 Å². The number of hydrogen-bond acceptors (Lipinski definition) is 4. The highest BCUT2D eigenvalue weighted by atomic mass is 32.2. The van der Waals surface area contributed by atoms with Gasteiger partial charge in [0.05, 0.1) is 17.5 Å². The third-order valence-electron chi connectivity index (χ3n) is 5.63. The first kappa shape index (κ1) is 24.1. The van der Waals surface area contributed by atoms with Gasteiger partial charge in [-0.1, -0.05) is 30.3 Å². The predicted molar refractivity (Wildman–Crippen MR) is 115 cm³/mol. The number of carbonyl (C=O) groups excluding carboxylic acids is 1. The minimum atomic E-state index is -4.54. The van der Waals surface area contributed by atoms with Crippen LogP contribution >= 0.6 is 0 Å². The summed E-state index contributed by atoms with van der Waals surface area (Å²) in [5, 5.41) is 2.82. The lowest BCUT2D eigenvalue weighted by molar-refractivity contribution is -0.137. The Morgan fingerprint density at radius 3 is 2.19 bits per heavy atom. The van der Waals surface area contributed by atoms with Gasteiger partial charge in [-0.25, -0.2) is 8.42 Å². The summed E-state index contributed by atoms with van der Waals surface area (Å²) in [6, 6.07) is 13.4. The number of sulfonamides is 1. The van der Waals surface area contributed by atoms with Gasteiger partial charge in [-0.15, -0.1) is 0 Å². The molecule has 0 radical (unpaired) electrons. The Morgan fingerprint density at radius 1 is 1.06 bits per heavy atom. The van der Waals surface area contributed by atoms with Crippen molar-refractivity contribution in [2.45, 2.75) is 24.4 Å². The SMILES string of the molecule is CS(=O)(=O)N(CC(=O)NCC1(c2ccccc2)CCOCC1)c1ccc(C(F)(F)F)cc1. The molecule has 0 aliphatic carbocycles. The van der Waals surface area contributed by atoms with Crippen molar-refractivity contribution in [3.8, 4) is 0 Å². The number of halogens is 3. The highest BCUT2D eigenvalue weighted by Gasteiger charge is 2.35. The molecular weight excluding hydrogens is 445 g/mol. The smallest absolute Gasteiger partial charge is 0.381 e. The quantitative estimate of drug-likeness (QED) is 0.674. The van der Waals surface area contributed by atoms with E-state index in [2.05, 4.69) is 5.32 Å². The molecule has 1 aliphatic heterocycles. The van der Waals surface area contributed by atoms with Crippen LogP contribution in [0.4, 0.5) is 18.9 Å². The molecule has 1 amide bonds. The molecular formula is C22H25F3N2O4S. The number of nitrogens with one attached hydrogen (secondary N) is 1. The Morgan fingerprint density at radius 2 is 1.66 bits per heavy atom. The van der Waals surface area contributed by atoms with Crippen molar-refractivity contribution < 1.29 is 31.1 Å². The zero-order valence-electron chi connectivity index (χ0n) is 17.6. The monoisotopic (exact) mass is 470 g/mol. The van der Waals surface area contributed by atoms with Crippen LogP contribution in [0.15, 0.2) is 54.6 Å². The van der Waals surface area contributed by atoms with E-state index in [1.54, 1.807) is 0 Å². The minimum absolute atomic E-state index is 0.0144. The lowest BCUT2D eigenvalue weighted by atomic mass is 9.74. The van der Waals surface area contributed by atoms with E-state index in [9.17, 15) is 26.4 Å². The standard InChI is InChI=1S/C22H25F3N2O4S/c1-32(29,30)27(19-9-7-18(8-10-19)22(23,24)25)15-20(28)26-16-21(11-13-31-14-12-21)17-5-3-2-4-6-17/h2-10H,11-16H2,1H3,(H,26,28). The number of nitrogens with zero attached hydrogens (tertiary/aromatic N) is 1. The van der Waals surface area contributed by atoms with Gasteiger partial charge < -0.3 is 10.1 Å². The van der Waals surface area contributed by atoms with Gasteiger partial charge in [0.15, 0.2) is 0 Å². The molecule has 0 bridgehead atoms. The molecule has 1 fully saturated rings. The third-order valence-corrected chi connectivity index (χ3v) is 6.77. The van der Waals surface area contributed by atoms with E-state index in [0.717, 1.165) is 40.4 Å². The maximum absolute atomic E-state index is 12.8. The van der Waals surface area contributed by atoms with Gasteiger partial charge in [-0.3, -0.25) is 9.10 Å². The average molecular weight is 471 g/mol. The number of carbonyl (C=O) groups is 1. The molecule has 6 nitrogen and oxygen atoms in total. The molecule has 1 saturated heterocycles. The van der Waals surface area contributed by atoms with Gasteiger partial charge in [0.2, 0.25) is 15.9 Å². The molecule has 2 aromatic carbocycles. The van der Waals surface area contributed by atoms with Crippen molar-refractivity contribution in [1.82, 2.24) is 5.32 Å². The second-order valence-electron chi connectivity index (χ2n) is 7.85. The number of amides is 1. The van der Waals surface area contributed by atoms with Crippen molar-refractivity contribution in [3.05, 3.63) is 65.7 Å². The fraction of sp³-hybridized carbons (Fsp3) is 0.409. The molecule has 0 saturated carbocycles. The lowest BCUT2D eigenvalue weighted by Gasteiger charge is -2.38. The summed E-state index contributed by atoms with van der Waals surface area (Å²) in [6.07, 6.45) is -2.23. The largest absolute Gasteiger partial charge is 0.416 e. The summed E-state index contributed by atoms with van der Waals surface area (Å²) >= 11 is 0. The number of ether oxygens (including phenoxy) is 1. The van der Waals surface area contributed by atoms with Crippen LogP contribution in [0.2, 0.25) is 0 Å². The maximum Gasteiger partial charge on any atom is 0.416 e. The van der Waals surface area contributed by atoms with Gasteiger partial charge in [0.1, 0.15) is 6.54 Å². The molecule has 2 aromatic rings. The molecule has 0 spiro atoms. The Balaban J connectivity index is 1.74. The number of benzene rings is 2. The summed E-state index contributed by atoms with van der Waals surface area (Å²) in [7, 11) is -3.90.